The molecule has 1 fully saturated rings. The molecule has 2 aromatic carbocycles. The quantitative estimate of drug-likeness (QED) is 0.754. The van der Waals surface area contributed by atoms with Gasteiger partial charge in [0.2, 0.25) is 5.91 Å². The van der Waals surface area contributed by atoms with Crippen LogP contribution in [0.5, 0.6) is 23.0 Å². The van der Waals surface area contributed by atoms with E-state index < -0.39 is 6.04 Å². The first-order valence-electron chi connectivity index (χ1n) is 9.26. The molecule has 158 valence electrons. The first-order valence-corrected chi connectivity index (χ1v) is 10.3. The van der Waals surface area contributed by atoms with Gasteiger partial charge in [-0.3, -0.25) is 9.59 Å². The van der Waals surface area contributed by atoms with Gasteiger partial charge >= 0.3 is 0 Å². The average Bonchev–Trinajstić information content (AvgIpc) is 3.32. The Labute approximate surface area is 178 Å². The third kappa shape index (κ3) is 3.09. The molecule has 0 saturated carbocycles. The highest BCUT2D eigenvalue weighted by molar-refractivity contribution is 7.99. The smallest absolute Gasteiger partial charge is 0.260 e. The molecule has 8 nitrogen and oxygen atoms in total. The lowest BCUT2D eigenvalue weighted by Gasteiger charge is -2.22. The predicted molar refractivity (Wildman–Crippen MR) is 113 cm³/mol. The third-order valence-electron chi connectivity index (χ3n) is 5.25. The van der Waals surface area contributed by atoms with E-state index in [4.69, 9.17) is 18.9 Å². The SMILES string of the molecule is COc1ccc(NC(=O)[C@@H]2CSC3c4ccc(OC)c(OC)c4C(=O)N32)cc1OC. The second-order valence-electron chi connectivity index (χ2n) is 6.74. The normalized spacial score (nSPS) is 19.2. The van der Waals surface area contributed by atoms with Crippen LogP contribution in [0, 0.1) is 0 Å². The number of amides is 2. The zero-order valence-corrected chi connectivity index (χ0v) is 17.9. The van der Waals surface area contributed by atoms with E-state index in [2.05, 4.69) is 5.32 Å². The molecule has 2 atom stereocenters. The minimum absolute atomic E-state index is 0.228. The molecule has 9 heteroatoms. The van der Waals surface area contributed by atoms with Gasteiger partial charge in [-0.15, -0.1) is 11.8 Å². The zero-order valence-electron chi connectivity index (χ0n) is 17.1. The monoisotopic (exact) mass is 430 g/mol. The van der Waals surface area contributed by atoms with Gasteiger partial charge in [-0.1, -0.05) is 6.07 Å². The van der Waals surface area contributed by atoms with Crippen LogP contribution in [-0.2, 0) is 4.79 Å². The Hall–Kier alpha value is -3.07. The average molecular weight is 430 g/mol. The Balaban J connectivity index is 1.59. The molecule has 2 aliphatic rings. The first kappa shape index (κ1) is 20.2. The lowest BCUT2D eigenvalue weighted by atomic mass is 10.1. The summed E-state index contributed by atoms with van der Waals surface area (Å²) in [5.41, 5.74) is 1.86. The predicted octanol–water partition coefficient (Wildman–Crippen LogP) is 2.93. The van der Waals surface area contributed by atoms with Gasteiger partial charge < -0.3 is 29.2 Å². The number of thioether (sulfide) groups is 1. The van der Waals surface area contributed by atoms with E-state index in [9.17, 15) is 9.59 Å². The molecule has 2 aliphatic heterocycles. The lowest BCUT2D eigenvalue weighted by molar-refractivity contribution is -0.119. The third-order valence-corrected chi connectivity index (χ3v) is 6.55. The van der Waals surface area contributed by atoms with Gasteiger partial charge in [0, 0.05) is 23.1 Å². The van der Waals surface area contributed by atoms with Crippen LogP contribution in [0.15, 0.2) is 30.3 Å². The molecule has 0 aliphatic carbocycles. The van der Waals surface area contributed by atoms with Gasteiger partial charge in [-0.2, -0.15) is 0 Å². The number of fused-ring (bicyclic) bond motifs is 3. The van der Waals surface area contributed by atoms with Crippen molar-refractivity contribution < 1.29 is 28.5 Å². The maximum atomic E-state index is 13.2. The molecule has 1 saturated heterocycles. The fraction of sp³-hybridized carbons (Fsp3) is 0.333. The van der Waals surface area contributed by atoms with Gasteiger partial charge in [0.25, 0.3) is 5.91 Å². The van der Waals surface area contributed by atoms with Crippen LogP contribution in [0.1, 0.15) is 21.3 Å². The summed E-state index contributed by atoms with van der Waals surface area (Å²) in [5.74, 6) is 1.97. The second kappa shape index (κ2) is 7.98. The van der Waals surface area contributed by atoms with Crippen LogP contribution in [0.3, 0.4) is 0 Å². The highest BCUT2D eigenvalue weighted by Crippen LogP contribution is 2.52. The van der Waals surface area contributed by atoms with Crippen molar-refractivity contribution in [3.63, 3.8) is 0 Å². The summed E-state index contributed by atoms with van der Waals surface area (Å²) < 4.78 is 21.3. The van der Waals surface area contributed by atoms with Gasteiger partial charge in [0.05, 0.1) is 34.0 Å². The maximum absolute atomic E-state index is 13.2. The molecule has 2 aromatic rings. The highest BCUT2D eigenvalue weighted by Gasteiger charge is 2.50. The minimum Gasteiger partial charge on any atom is -0.493 e. The van der Waals surface area contributed by atoms with E-state index in [0.29, 0.717) is 40.0 Å². The Kier molecular flexibility index (Phi) is 5.38. The second-order valence-corrected chi connectivity index (χ2v) is 7.85. The topological polar surface area (TPSA) is 86.3 Å². The van der Waals surface area contributed by atoms with E-state index in [-0.39, 0.29) is 17.2 Å². The minimum atomic E-state index is -0.608. The van der Waals surface area contributed by atoms with Crippen molar-refractivity contribution in [1.29, 1.82) is 0 Å². The van der Waals surface area contributed by atoms with Gasteiger partial charge in [0.15, 0.2) is 23.0 Å². The summed E-state index contributed by atoms with van der Waals surface area (Å²) in [5, 5.41) is 2.66. The Morgan fingerprint density at radius 2 is 1.70 bits per heavy atom. The number of nitrogens with one attached hydrogen (secondary N) is 1. The van der Waals surface area contributed by atoms with Crippen molar-refractivity contribution in [1.82, 2.24) is 4.90 Å². The molecular formula is C21H22N2O6S. The van der Waals surface area contributed by atoms with Crippen molar-refractivity contribution in [3.05, 3.63) is 41.5 Å². The number of carbonyl (C=O) groups excluding carboxylic acids is 2. The van der Waals surface area contributed by atoms with Crippen LogP contribution in [0.2, 0.25) is 0 Å². The van der Waals surface area contributed by atoms with E-state index in [1.807, 2.05) is 6.07 Å². The molecule has 0 spiro atoms. The fourth-order valence-corrected chi connectivity index (χ4v) is 5.29. The Morgan fingerprint density at radius 3 is 2.37 bits per heavy atom. The van der Waals surface area contributed by atoms with Crippen LogP contribution in [-0.4, -0.2) is 56.9 Å². The number of nitrogens with zero attached hydrogens (tertiary/aromatic N) is 1. The molecule has 0 radical (unpaired) electrons. The molecule has 1 unspecified atom stereocenters. The van der Waals surface area contributed by atoms with E-state index in [1.54, 1.807) is 48.0 Å². The lowest BCUT2D eigenvalue weighted by Crippen LogP contribution is -2.42. The first-order chi connectivity index (χ1) is 14.5. The number of carbonyl (C=O) groups is 2. The summed E-state index contributed by atoms with van der Waals surface area (Å²) in [6.07, 6.45) is 0. The van der Waals surface area contributed by atoms with Gasteiger partial charge in [-0.25, -0.2) is 0 Å². The standard InChI is InChI=1S/C21H22N2O6S/c1-26-14-7-5-11(9-16(14)28-3)22-19(24)13-10-30-21-12-6-8-15(27-2)18(29-4)17(12)20(25)23(13)21/h5-9,13,21H,10H2,1-4H3,(H,22,24)/t13-,21?/m0/s1. The summed E-state index contributed by atoms with van der Waals surface area (Å²) in [6, 6.07) is 8.17. The van der Waals surface area contributed by atoms with Crippen LogP contribution in [0.25, 0.3) is 0 Å². The van der Waals surface area contributed by atoms with Crippen molar-refractivity contribution in [2.45, 2.75) is 11.4 Å². The fourth-order valence-electron chi connectivity index (χ4n) is 3.83. The molecule has 1 N–H and O–H groups in total. The number of hydrogen-bond donors (Lipinski definition) is 1. The van der Waals surface area contributed by atoms with Gasteiger partial charge in [-0.05, 0) is 18.2 Å². The summed E-state index contributed by atoms with van der Waals surface area (Å²) in [7, 11) is 6.11. The molecule has 0 bridgehead atoms. The Bertz CT molecular complexity index is 1010. The zero-order chi connectivity index (χ0) is 21.4. The van der Waals surface area contributed by atoms with Crippen LogP contribution < -0.4 is 24.3 Å². The van der Waals surface area contributed by atoms with Gasteiger partial charge in [0.1, 0.15) is 11.4 Å². The van der Waals surface area contributed by atoms with E-state index in [1.165, 1.54) is 21.3 Å². The number of rotatable bonds is 6. The van der Waals surface area contributed by atoms with Crippen LogP contribution >= 0.6 is 11.8 Å². The van der Waals surface area contributed by atoms with Crippen molar-refractivity contribution in [2.75, 3.05) is 39.5 Å². The van der Waals surface area contributed by atoms with Crippen LogP contribution in [0.4, 0.5) is 5.69 Å². The highest BCUT2D eigenvalue weighted by atomic mass is 32.2. The van der Waals surface area contributed by atoms with E-state index >= 15 is 0 Å². The van der Waals surface area contributed by atoms with E-state index in [0.717, 1.165) is 5.56 Å². The largest absolute Gasteiger partial charge is 0.493 e. The summed E-state index contributed by atoms with van der Waals surface area (Å²) >= 11 is 1.56. The number of hydrogen-bond acceptors (Lipinski definition) is 7. The molecule has 30 heavy (non-hydrogen) atoms. The van der Waals surface area contributed by atoms with Crippen molar-refractivity contribution in [2.24, 2.45) is 0 Å². The van der Waals surface area contributed by atoms with Crippen molar-refractivity contribution >= 4 is 29.3 Å². The number of methoxy groups -OCH3 is 4. The molecule has 4 rings (SSSR count). The number of ether oxygens (including phenoxy) is 4. The maximum Gasteiger partial charge on any atom is 0.260 e. The summed E-state index contributed by atoms with van der Waals surface area (Å²) in [4.78, 5) is 27.9. The Morgan fingerprint density at radius 1 is 1.00 bits per heavy atom. The molecule has 2 heterocycles. The molecular weight excluding hydrogens is 408 g/mol. The summed E-state index contributed by atoms with van der Waals surface area (Å²) in [6.45, 7) is 0. The molecule has 2 amide bonds. The number of benzene rings is 2. The number of anilines is 1. The van der Waals surface area contributed by atoms with Crippen molar-refractivity contribution in [3.8, 4) is 23.0 Å². The molecule has 0 aromatic heterocycles.